The third-order valence-electron chi connectivity index (χ3n) is 8.59. The zero-order valence-corrected chi connectivity index (χ0v) is 19.1. The Morgan fingerprint density at radius 1 is 0.967 bits per heavy atom. The number of sulfonamides is 1. The SMILES string of the molecule is CCS(=O)(=O)N[C@H]1CCCC[C@@H]1COc1ccc(C23CC4CC(CC(C4)C2)C3)cc1. The Labute approximate surface area is 182 Å². The van der Waals surface area contributed by atoms with Crippen LogP contribution in [0.1, 0.15) is 76.7 Å². The second kappa shape index (κ2) is 8.12. The second-order valence-corrected chi connectivity index (χ2v) is 12.7. The molecule has 166 valence electrons. The lowest BCUT2D eigenvalue weighted by Gasteiger charge is -2.57. The van der Waals surface area contributed by atoms with E-state index in [9.17, 15) is 8.42 Å². The van der Waals surface area contributed by atoms with E-state index in [0.717, 1.165) is 49.2 Å². The van der Waals surface area contributed by atoms with Gasteiger partial charge in [-0.3, -0.25) is 0 Å². The average Bonchev–Trinajstić information content (AvgIpc) is 2.72. The van der Waals surface area contributed by atoms with Crippen LogP contribution in [0.3, 0.4) is 0 Å². The van der Waals surface area contributed by atoms with E-state index in [1.54, 1.807) is 6.92 Å². The van der Waals surface area contributed by atoms with Crippen molar-refractivity contribution in [2.45, 2.75) is 82.6 Å². The molecule has 30 heavy (non-hydrogen) atoms. The van der Waals surface area contributed by atoms with Crippen LogP contribution in [0.2, 0.25) is 0 Å². The van der Waals surface area contributed by atoms with Gasteiger partial charge in [0.2, 0.25) is 10.0 Å². The van der Waals surface area contributed by atoms with Crippen LogP contribution in [-0.2, 0) is 15.4 Å². The zero-order chi connectivity index (χ0) is 20.8. The van der Waals surface area contributed by atoms with Crippen molar-refractivity contribution in [2.75, 3.05) is 12.4 Å². The summed E-state index contributed by atoms with van der Waals surface area (Å²) in [7, 11) is -3.17. The van der Waals surface area contributed by atoms with Crippen molar-refractivity contribution in [2.24, 2.45) is 23.7 Å². The molecule has 0 saturated heterocycles. The molecule has 5 saturated carbocycles. The van der Waals surface area contributed by atoms with Gasteiger partial charge in [-0.15, -0.1) is 0 Å². The molecule has 4 bridgehead atoms. The molecule has 5 aliphatic rings. The lowest BCUT2D eigenvalue weighted by Crippen LogP contribution is -2.48. The first-order valence-electron chi connectivity index (χ1n) is 12.2. The van der Waals surface area contributed by atoms with Gasteiger partial charge in [0.05, 0.1) is 12.4 Å². The molecule has 5 fully saturated rings. The van der Waals surface area contributed by atoms with Crippen LogP contribution >= 0.6 is 0 Å². The van der Waals surface area contributed by atoms with Crippen molar-refractivity contribution in [1.29, 1.82) is 0 Å². The number of ether oxygens (including phenoxy) is 1. The maximum absolute atomic E-state index is 12.0. The first-order chi connectivity index (χ1) is 14.4. The zero-order valence-electron chi connectivity index (χ0n) is 18.3. The highest BCUT2D eigenvalue weighted by molar-refractivity contribution is 7.89. The lowest BCUT2D eigenvalue weighted by atomic mass is 9.48. The number of hydrogen-bond acceptors (Lipinski definition) is 3. The fourth-order valence-corrected chi connectivity index (χ4v) is 8.39. The van der Waals surface area contributed by atoms with E-state index in [1.165, 1.54) is 44.1 Å². The Balaban J connectivity index is 1.22. The van der Waals surface area contributed by atoms with Crippen LogP contribution in [0, 0.1) is 23.7 Å². The van der Waals surface area contributed by atoms with Gasteiger partial charge in [-0.2, -0.15) is 0 Å². The van der Waals surface area contributed by atoms with Crippen molar-refractivity contribution >= 4 is 10.0 Å². The molecule has 5 aliphatic carbocycles. The van der Waals surface area contributed by atoms with Crippen molar-refractivity contribution < 1.29 is 13.2 Å². The van der Waals surface area contributed by atoms with Crippen molar-refractivity contribution in [3.63, 3.8) is 0 Å². The molecule has 1 aromatic carbocycles. The van der Waals surface area contributed by atoms with E-state index in [1.807, 2.05) is 0 Å². The Kier molecular flexibility index (Phi) is 5.64. The van der Waals surface area contributed by atoms with Gasteiger partial charge in [-0.05, 0) is 99.2 Å². The molecule has 0 aliphatic heterocycles. The van der Waals surface area contributed by atoms with E-state index < -0.39 is 10.0 Å². The highest BCUT2D eigenvalue weighted by Gasteiger charge is 2.51. The summed E-state index contributed by atoms with van der Waals surface area (Å²) in [5.41, 5.74) is 1.96. The third-order valence-corrected chi connectivity index (χ3v) is 10.0. The Bertz CT molecular complexity index is 812. The summed E-state index contributed by atoms with van der Waals surface area (Å²) < 4.78 is 33.1. The van der Waals surface area contributed by atoms with E-state index in [4.69, 9.17) is 4.74 Å². The third kappa shape index (κ3) is 4.17. The maximum Gasteiger partial charge on any atom is 0.211 e. The van der Waals surface area contributed by atoms with Crippen LogP contribution in [0.5, 0.6) is 5.75 Å². The monoisotopic (exact) mass is 431 g/mol. The molecular weight excluding hydrogens is 394 g/mol. The second-order valence-electron chi connectivity index (χ2n) is 10.7. The summed E-state index contributed by atoms with van der Waals surface area (Å²) in [6.45, 7) is 2.29. The number of benzene rings is 1. The molecule has 0 radical (unpaired) electrons. The molecule has 0 unspecified atom stereocenters. The molecule has 1 N–H and O–H groups in total. The number of hydrogen-bond donors (Lipinski definition) is 1. The van der Waals surface area contributed by atoms with E-state index in [0.29, 0.717) is 12.0 Å². The van der Waals surface area contributed by atoms with E-state index >= 15 is 0 Å². The minimum Gasteiger partial charge on any atom is -0.493 e. The van der Waals surface area contributed by atoms with Gasteiger partial charge in [-0.1, -0.05) is 25.0 Å². The fourth-order valence-electron chi connectivity index (χ4n) is 7.45. The minimum atomic E-state index is -3.17. The van der Waals surface area contributed by atoms with E-state index in [2.05, 4.69) is 29.0 Å². The summed E-state index contributed by atoms with van der Waals surface area (Å²) in [5.74, 6) is 4.20. The lowest BCUT2D eigenvalue weighted by molar-refractivity contribution is -0.00521. The van der Waals surface area contributed by atoms with Gasteiger partial charge in [0.1, 0.15) is 5.75 Å². The van der Waals surface area contributed by atoms with Gasteiger partial charge < -0.3 is 4.74 Å². The first-order valence-corrected chi connectivity index (χ1v) is 13.8. The predicted molar refractivity (Wildman–Crippen MR) is 120 cm³/mol. The topological polar surface area (TPSA) is 55.4 Å². The molecule has 6 rings (SSSR count). The largest absolute Gasteiger partial charge is 0.493 e. The molecule has 4 nitrogen and oxygen atoms in total. The van der Waals surface area contributed by atoms with Crippen LogP contribution in [0.15, 0.2) is 24.3 Å². The molecule has 1 aromatic rings. The highest BCUT2D eigenvalue weighted by atomic mass is 32.2. The van der Waals surface area contributed by atoms with Gasteiger partial charge in [0.25, 0.3) is 0 Å². The van der Waals surface area contributed by atoms with Crippen molar-refractivity contribution in [3.8, 4) is 5.75 Å². The van der Waals surface area contributed by atoms with Crippen molar-refractivity contribution in [3.05, 3.63) is 29.8 Å². The molecule has 0 amide bonds. The van der Waals surface area contributed by atoms with E-state index in [-0.39, 0.29) is 17.7 Å². The molecular formula is C25H37NO3S. The summed E-state index contributed by atoms with van der Waals surface area (Å²) in [5, 5.41) is 0. The summed E-state index contributed by atoms with van der Waals surface area (Å²) in [4.78, 5) is 0. The predicted octanol–water partition coefficient (Wildman–Crippen LogP) is 5.03. The molecule has 2 atom stereocenters. The van der Waals surface area contributed by atoms with Crippen LogP contribution < -0.4 is 9.46 Å². The van der Waals surface area contributed by atoms with Crippen LogP contribution in [-0.4, -0.2) is 26.8 Å². The Morgan fingerprint density at radius 2 is 1.57 bits per heavy atom. The Morgan fingerprint density at radius 3 is 2.17 bits per heavy atom. The smallest absolute Gasteiger partial charge is 0.211 e. The quantitative estimate of drug-likeness (QED) is 0.659. The molecule has 5 heteroatoms. The maximum atomic E-state index is 12.0. The van der Waals surface area contributed by atoms with Gasteiger partial charge in [0.15, 0.2) is 0 Å². The first kappa shape index (κ1) is 20.8. The molecule has 0 aromatic heterocycles. The van der Waals surface area contributed by atoms with Crippen molar-refractivity contribution in [1.82, 2.24) is 4.72 Å². The van der Waals surface area contributed by atoms with Gasteiger partial charge in [-0.25, -0.2) is 13.1 Å². The van der Waals surface area contributed by atoms with Gasteiger partial charge >= 0.3 is 0 Å². The summed E-state index contributed by atoms with van der Waals surface area (Å²) in [6, 6.07) is 8.96. The number of nitrogens with one attached hydrogen (secondary N) is 1. The van der Waals surface area contributed by atoms with Crippen LogP contribution in [0.25, 0.3) is 0 Å². The molecule has 0 spiro atoms. The standard InChI is InChI=1S/C25H37NO3S/c1-2-30(27,28)26-24-6-4-3-5-21(24)17-29-23-9-7-22(8-10-23)25-14-18-11-19(15-25)13-20(12-18)16-25/h7-10,18-21,24,26H,2-6,11-17H2,1H3/t18?,19?,20?,21-,24+,25?/m1/s1. The minimum absolute atomic E-state index is 0.00926. The van der Waals surface area contributed by atoms with Crippen LogP contribution in [0.4, 0.5) is 0 Å². The summed E-state index contributed by atoms with van der Waals surface area (Å²) in [6.07, 6.45) is 12.8. The fraction of sp³-hybridized carbons (Fsp3) is 0.760. The highest BCUT2D eigenvalue weighted by Crippen LogP contribution is 2.60. The number of rotatable bonds is 7. The normalized spacial score (nSPS) is 38.0. The average molecular weight is 432 g/mol. The Hall–Kier alpha value is -1.07. The molecule has 0 heterocycles. The van der Waals surface area contributed by atoms with Gasteiger partial charge in [0, 0.05) is 12.0 Å². The summed E-state index contributed by atoms with van der Waals surface area (Å²) >= 11 is 0.